The van der Waals surface area contributed by atoms with Gasteiger partial charge in [-0.3, -0.25) is 0 Å². The van der Waals surface area contributed by atoms with E-state index in [2.05, 4.69) is 29.5 Å². The molecule has 2 atom stereocenters. The van der Waals surface area contributed by atoms with Crippen LogP contribution in [0.15, 0.2) is 0 Å². The quantitative estimate of drug-likeness (QED) is 0.401. The van der Waals surface area contributed by atoms with Gasteiger partial charge in [0.25, 0.3) is 0 Å². The lowest BCUT2D eigenvalue weighted by Gasteiger charge is -2.26. The first-order chi connectivity index (χ1) is 7.33. The lowest BCUT2D eigenvalue weighted by molar-refractivity contribution is -0.185. The van der Waals surface area contributed by atoms with E-state index in [0.29, 0.717) is 6.10 Å². The molecule has 1 saturated heterocycles. The van der Waals surface area contributed by atoms with Crippen LogP contribution in [0, 0.1) is 0 Å². The van der Waals surface area contributed by atoms with E-state index in [1.54, 1.807) is 0 Å². The molecular weight excluding hydrogens is 303 g/mol. The van der Waals surface area contributed by atoms with Gasteiger partial charge in [-0.1, -0.05) is 35.4 Å². The zero-order valence-electron chi connectivity index (χ0n) is 9.71. The van der Waals surface area contributed by atoms with Gasteiger partial charge in [0.05, 0.1) is 6.10 Å². The lowest BCUT2D eigenvalue weighted by Crippen LogP contribution is -2.26. The Kier molecular flexibility index (Phi) is 8.01. The molecule has 0 N–H and O–H groups in total. The summed E-state index contributed by atoms with van der Waals surface area (Å²) in [6.07, 6.45) is 9.12. The molecule has 3 heteroatoms. The first-order valence-electron chi connectivity index (χ1n) is 6.16. The molecular formula is C12H23IO2. The molecule has 1 aliphatic rings. The van der Waals surface area contributed by atoms with E-state index in [1.807, 2.05) is 0 Å². The first kappa shape index (κ1) is 13.7. The Morgan fingerprint density at radius 1 is 1.33 bits per heavy atom. The van der Waals surface area contributed by atoms with E-state index in [0.717, 1.165) is 13.0 Å². The highest BCUT2D eigenvalue weighted by atomic mass is 127. The highest BCUT2D eigenvalue weighted by Gasteiger charge is 2.16. The Labute approximate surface area is 107 Å². The fourth-order valence-electron chi connectivity index (χ4n) is 1.85. The maximum absolute atomic E-state index is 5.85. The van der Waals surface area contributed by atoms with Crippen LogP contribution < -0.4 is 0 Å². The minimum Gasteiger partial charge on any atom is -0.353 e. The van der Waals surface area contributed by atoms with Gasteiger partial charge in [-0.15, -0.1) is 0 Å². The molecule has 0 aromatic carbocycles. The Morgan fingerprint density at radius 3 is 2.87 bits per heavy atom. The highest BCUT2D eigenvalue weighted by Crippen LogP contribution is 2.17. The van der Waals surface area contributed by atoms with Gasteiger partial charge in [-0.05, 0) is 43.5 Å². The monoisotopic (exact) mass is 326 g/mol. The molecule has 15 heavy (non-hydrogen) atoms. The fourth-order valence-corrected chi connectivity index (χ4v) is 2.39. The second-order valence-electron chi connectivity index (χ2n) is 4.28. The molecule has 1 heterocycles. The van der Waals surface area contributed by atoms with E-state index in [1.165, 1.54) is 43.0 Å². The molecule has 0 bridgehead atoms. The topological polar surface area (TPSA) is 18.5 Å². The van der Waals surface area contributed by atoms with Crippen molar-refractivity contribution >= 4 is 22.6 Å². The largest absolute Gasteiger partial charge is 0.353 e. The van der Waals surface area contributed by atoms with E-state index in [9.17, 15) is 0 Å². The molecule has 0 saturated carbocycles. The molecule has 90 valence electrons. The third-order valence-electron chi connectivity index (χ3n) is 2.77. The Hall–Kier alpha value is 0.650. The fraction of sp³-hybridized carbons (Fsp3) is 1.00. The van der Waals surface area contributed by atoms with Crippen LogP contribution >= 0.6 is 22.6 Å². The summed E-state index contributed by atoms with van der Waals surface area (Å²) in [6.45, 7) is 3.05. The van der Waals surface area contributed by atoms with Crippen molar-refractivity contribution in [3.8, 4) is 0 Å². The van der Waals surface area contributed by atoms with Crippen molar-refractivity contribution in [2.75, 3.05) is 11.0 Å². The first-order valence-corrected chi connectivity index (χ1v) is 7.68. The van der Waals surface area contributed by atoms with Crippen molar-refractivity contribution in [3.63, 3.8) is 0 Å². The van der Waals surface area contributed by atoms with Crippen LogP contribution in [-0.2, 0) is 9.47 Å². The summed E-state index contributed by atoms with van der Waals surface area (Å²) in [5, 5.41) is 0. The molecule has 1 fully saturated rings. The van der Waals surface area contributed by atoms with Crippen molar-refractivity contribution in [2.45, 2.75) is 64.3 Å². The number of rotatable bonds is 7. The van der Waals surface area contributed by atoms with Gasteiger partial charge in [0.15, 0.2) is 6.29 Å². The SMILES string of the molecule is CC(CCCCCI)OC1CCCCO1. The number of hydrogen-bond donors (Lipinski definition) is 0. The normalized spacial score (nSPS) is 24.0. The smallest absolute Gasteiger partial charge is 0.157 e. The van der Waals surface area contributed by atoms with Gasteiger partial charge in [-0.2, -0.15) is 0 Å². The molecule has 0 aliphatic carbocycles. The Bertz CT molecular complexity index is 147. The second kappa shape index (κ2) is 8.76. The summed E-state index contributed by atoms with van der Waals surface area (Å²) in [5.41, 5.74) is 0. The van der Waals surface area contributed by atoms with E-state index in [4.69, 9.17) is 9.47 Å². The van der Waals surface area contributed by atoms with Crippen LogP contribution in [0.25, 0.3) is 0 Å². The predicted molar refractivity (Wildman–Crippen MR) is 71.5 cm³/mol. The van der Waals surface area contributed by atoms with Crippen molar-refractivity contribution in [1.82, 2.24) is 0 Å². The van der Waals surface area contributed by atoms with Crippen LogP contribution in [0.2, 0.25) is 0 Å². The van der Waals surface area contributed by atoms with Gasteiger partial charge in [0.1, 0.15) is 0 Å². The molecule has 0 spiro atoms. The Morgan fingerprint density at radius 2 is 2.20 bits per heavy atom. The summed E-state index contributed by atoms with van der Waals surface area (Å²) < 4.78 is 12.7. The van der Waals surface area contributed by atoms with Gasteiger partial charge < -0.3 is 9.47 Å². The molecule has 0 radical (unpaired) electrons. The third kappa shape index (κ3) is 6.74. The highest BCUT2D eigenvalue weighted by molar-refractivity contribution is 14.1. The van der Waals surface area contributed by atoms with Crippen LogP contribution in [-0.4, -0.2) is 23.4 Å². The number of unbranched alkanes of at least 4 members (excludes halogenated alkanes) is 2. The molecule has 0 amide bonds. The summed E-state index contributed by atoms with van der Waals surface area (Å²) in [7, 11) is 0. The lowest BCUT2D eigenvalue weighted by atomic mass is 10.1. The Balaban J connectivity index is 1.98. The van der Waals surface area contributed by atoms with Gasteiger partial charge in [0.2, 0.25) is 0 Å². The van der Waals surface area contributed by atoms with Crippen molar-refractivity contribution < 1.29 is 9.47 Å². The summed E-state index contributed by atoms with van der Waals surface area (Å²) in [5.74, 6) is 0. The zero-order chi connectivity index (χ0) is 10.9. The molecule has 2 unspecified atom stereocenters. The average molecular weight is 326 g/mol. The van der Waals surface area contributed by atoms with Gasteiger partial charge >= 0.3 is 0 Å². The maximum Gasteiger partial charge on any atom is 0.157 e. The van der Waals surface area contributed by atoms with Crippen LogP contribution in [0.1, 0.15) is 51.9 Å². The number of ether oxygens (including phenoxy) is 2. The van der Waals surface area contributed by atoms with Crippen LogP contribution in [0.3, 0.4) is 0 Å². The summed E-state index contributed by atoms with van der Waals surface area (Å²) in [4.78, 5) is 0. The van der Waals surface area contributed by atoms with Crippen molar-refractivity contribution in [2.24, 2.45) is 0 Å². The minimum absolute atomic E-state index is 0.0818. The second-order valence-corrected chi connectivity index (χ2v) is 5.36. The van der Waals surface area contributed by atoms with Crippen molar-refractivity contribution in [3.05, 3.63) is 0 Å². The summed E-state index contributed by atoms with van der Waals surface area (Å²) in [6, 6.07) is 0. The molecule has 0 aromatic rings. The van der Waals surface area contributed by atoms with Gasteiger partial charge in [0, 0.05) is 6.61 Å². The molecule has 0 aromatic heterocycles. The molecule has 1 rings (SSSR count). The minimum atomic E-state index is 0.0818. The van der Waals surface area contributed by atoms with Crippen molar-refractivity contribution in [1.29, 1.82) is 0 Å². The standard InChI is InChI=1S/C12H23IO2/c1-11(7-3-2-5-9-13)15-12-8-4-6-10-14-12/h11-12H,2-10H2,1H3. The number of halogens is 1. The average Bonchev–Trinajstić information content (AvgIpc) is 2.26. The van der Waals surface area contributed by atoms with E-state index in [-0.39, 0.29) is 6.29 Å². The number of alkyl halides is 1. The molecule has 1 aliphatic heterocycles. The van der Waals surface area contributed by atoms with E-state index < -0.39 is 0 Å². The van der Waals surface area contributed by atoms with E-state index >= 15 is 0 Å². The van der Waals surface area contributed by atoms with Gasteiger partial charge in [-0.25, -0.2) is 0 Å². The maximum atomic E-state index is 5.85. The number of hydrogen-bond acceptors (Lipinski definition) is 2. The zero-order valence-corrected chi connectivity index (χ0v) is 11.9. The van der Waals surface area contributed by atoms with Crippen LogP contribution in [0.5, 0.6) is 0 Å². The molecule has 2 nitrogen and oxygen atoms in total. The third-order valence-corrected chi connectivity index (χ3v) is 3.53. The summed E-state index contributed by atoms with van der Waals surface area (Å²) >= 11 is 2.44. The predicted octanol–water partition coefficient (Wildman–Crippen LogP) is 3.91. The van der Waals surface area contributed by atoms with Crippen LogP contribution in [0.4, 0.5) is 0 Å².